The zero-order chi connectivity index (χ0) is 32.5. The van der Waals surface area contributed by atoms with Gasteiger partial charge in [0.15, 0.2) is 0 Å². The van der Waals surface area contributed by atoms with Crippen LogP contribution >= 0.6 is 0 Å². The predicted octanol–water partition coefficient (Wildman–Crippen LogP) is 9.48. The van der Waals surface area contributed by atoms with Crippen molar-refractivity contribution in [3.63, 3.8) is 0 Å². The van der Waals surface area contributed by atoms with Crippen molar-refractivity contribution in [2.24, 2.45) is 0 Å². The number of allylic oxidation sites excluding steroid dienone is 8. The molecule has 0 aromatic carbocycles. The molecule has 0 saturated carbocycles. The number of hydrogen-bond acceptors (Lipinski definition) is 2. The molecule has 270 valence electrons. The summed E-state index contributed by atoms with van der Waals surface area (Å²) < 4.78 is 13.8. The lowest BCUT2D eigenvalue weighted by molar-refractivity contribution is -0.880. The molecule has 1 aliphatic heterocycles. The number of hydrogen-bond donors (Lipinski definition) is 0. The van der Waals surface area contributed by atoms with E-state index in [0.717, 1.165) is 43.6 Å². The lowest BCUT2D eigenvalue weighted by Crippen LogP contribution is -3.00. The summed E-state index contributed by atoms with van der Waals surface area (Å²) in [4.78, 5) is 0. The molecule has 0 bridgehead atoms. The quantitative estimate of drug-likeness (QED) is 0.0406. The molecule has 0 unspecified atom stereocenters. The SMILES string of the molecule is CCCCC/C=C\C/C=C\CCCCCCCCO[C@@H]1C[N+](C)(C)C[C@H]1OCCCCCCCC/C=C\C/C=C\CCCCC.[Cl-]. The smallest absolute Gasteiger partial charge is 0.138 e. The Hall–Kier alpha value is -0.870. The number of halogens is 1. The van der Waals surface area contributed by atoms with Gasteiger partial charge in [-0.2, -0.15) is 0 Å². The molecule has 1 aliphatic rings. The second kappa shape index (κ2) is 34.0. The summed E-state index contributed by atoms with van der Waals surface area (Å²) in [5.41, 5.74) is 0. The molecule has 1 fully saturated rings. The maximum atomic E-state index is 6.39. The van der Waals surface area contributed by atoms with Crippen molar-refractivity contribution in [2.45, 2.75) is 180 Å². The molecule has 2 atom stereocenters. The van der Waals surface area contributed by atoms with Crippen molar-refractivity contribution >= 4 is 0 Å². The summed E-state index contributed by atoms with van der Waals surface area (Å²) in [6.07, 6.45) is 50.3. The molecule has 0 spiro atoms. The fraction of sp³-hybridized carbons (Fsp3) is 0.810. The van der Waals surface area contributed by atoms with Crippen LogP contribution in [0.1, 0.15) is 168 Å². The van der Waals surface area contributed by atoms with E-state index in [-0.39, 0.29) is 24.6 Å². The summed E-state index contributed by atoms with van der Waals surface area (Å²) >= 11 is 0. The second-order valence-electron chi connectivity index (χ2n) is 14.3. The average Bonchev–Trinajstić information content (AvgIpc) is 3.32. The van der Waals surface area contributed by atoms with Gasteiger partial charge in [0.25, 0.3) is 0 Å². The Labute approximate surface area is 294 Å². The molecule has 4 heteroatoms. The van der Waals surface area contributed by atoms with E-state index in [1.807, 2.05) is 0 Å². The van der Waals surface area contributed by atoms with Crippen LogP contribution in [0.2, 0.25) is 0 Å². The number of likely N-dealkylation sites (tertiary alicyclic amines) is 1. The second-order valence-corrected chi connectivity index (χ2v) is 14.3. The van der Waals surface area contributed by atoms with Gasteiger partial charge in [-0.05, 0) is 77.0 Å². The summed E-state index contributed by atoms with van der Waals surface area (Å²) in [5.74, 6) is 0. The molecule has 0 aromatic heterocycles. The van der Waals surface area contributed by atoms with E-state index < -0.39 is 0 Å². The van der Waals surface area contributed by atoms with Gasteiger partial charge >= 0.3 is 0 Å². The Kier molecular flexibility index (Phi) is 33.4. The van der Waals surface area contributed by atoms with Crippen LogP contribution in [0.3, 0.4) is 0 Å². The van der Waals surface area contributed by atoms with Crippen LogP contribution in [0.25, 0.3) is 0 Å². The lowest BCUT2D eigenvalue weighted by Gasteiger charge is -2.22. The predicted molar refractivity (Wildman–Crippen MR) is 200 cm³/mol. The fourth-order valence-corrected chi connectivity index (χ4v) is 6.25. The molecule has 0 amide bonds. The molecule has 0 aromatic rings. The first-order valence-corrected chi connectivity index (χ1v) is 19.7. The van der Waals surface area contributed by atoms with Gasteiger partial charge in [-0.1, -0.05) is 140 Å². The van der Waals surface area contributed by atoms with Crippen molar-refractivity contribution in [1.29, 1.82) is 0 Å². The van der Waals surface area contributed by atoms with E-state index in [1.54, 1.807) is 0 Å². The largest absolute Gasteiger partial charge is 1.00 e. The molecule has 3 nitrogen and oxygen atoms in total. The van der Waals surface area contributed by atoms with Crippen molar-refractivity contribution in [3.8, 4) is 0 Å². The van der Waals surface area contributed by atoms with E-state index in [9.17, 15) is 0 Å². The van der Waals surface area contributed by atoms with Crippen LogP contribution in [0, 0.1) is 0 Å². The number of quaternary nitrogens is 1. The standard InChI is InChI=1S/C42H78NO2.ClH/c1-5-7-9-11-13-15-17-19-21-23-25-27-29-31-33-35-37-44-41-39-43(3,4)40-42(41)45-38-36-34-32-30-28-26-24-22-20-18-16-14-12-10-8-6-2;/h13-16,19-22,41-42H,5-12,17-18,23-40H2,1-4H3;1H/q+1;/p-1/b15-13-,16-14-,21-19-,22-20-;/t41-,42-;/m1./s1. The van der Waals surface area contributed by atoms with Crippen LogP contribution in [0.5, 0.6) is 0 Å². The minimum Gasteiger partial charge on any atom is -1.00 e. The van der Waals surface area contributed by atoms with Crippen LogP contribution in [0.4, 0.5) is 0 Å². The number of nitrogens with zero attached hydrogens (tertiary/aromatic N) is 1. The van der Waals surface area contributed by atoms with Crippen molar-refractivity contribution in [1.82, 2.24) is 0 Å². The van der Waals surface area contributed by atoms with Gasteiger partial charge in [0.05, 0.1) is 14.1 Å². The van der Waals surface area contributed by atoms with Gasteiger partial charge in [0.2, 0.25) is 0 Å². The van der Waals surface area contributed by atoms with Gasteiger partial charge in [-0.25, -0.2) is 0 Å². The number of ether oxygens (including phenoxy) is 2. The Morgan fingerprint density at radius 2 is 0.739 bits per heavy atom. The third-order valence-corrected chi connectivity index (χ3v) is 9.12. The molecular weight excluding hydrogens is 586 g/mol. The van der Waals surface area contributed by atoms with Gasteiger partial charge in [0.1, 0.15) is 25.3 Å². The van der Waals surface area contributed by atoms with Gasteiger partial charge < -0.3 is 26.4 Å². The van der Waals surface area contributed by atoms with E-state index in [4.69, 9.17) is 9.47 Å². The van der Waals surface area contributed by atoms with Crippen molar-refractivity contribution in [2.75, 3.05) is 40.4 Å². The van der Waals surface area contributed by atoms with E-state index >= 15 is 0 Å². The maximum absolute atomic E-state index is 6.39. The lowest BCUT2D eigenvalue weighted by atomic mass is 10.1. The first-order valence-electron chi connectivity index (χ1n) is 19.7. The molecule has 1 rings (SSSR count). The van der Waals surface area contributed by atoms with Gasteiger partial charge in [-0.3, -0.25) is 0 Å². The number of unbranched alkanes of at least 4 members (excludes halogenated alkanes) is 18. The summed E-state index contributed by atoms with van der Waals surface area (Å²) in [5, 5.41) is 0. The molecule has 46 heavy (non-hydrogen) atoms. The fourth-order valence-electron chi connectivity index (χ4n) is 6.25. The normalized spacial score (nSPS) is 18.2. The number of rotatable bonds is 32. The molecule has 0 N–H and O–H groups in total. The summed E-state index contributed by atoms with van der Waals surface area (Å²) in [6.45, 7) is 8.48. The highest BCUT2D eigenvalue weighted by Gasteiger charge is 2.41. The highest BCUT2D eigenvalue weighted by atomic mass is 35.5. The maximum Gasteiger partial charge on any atom is 0.138 e. The highest BCUT2D eigenvalue weighted by molar-refractivity contribution is 4.93. The summed E-state index contributed by atoms with van der Waals surface area (Å²) in [7, 11) is 4.64. The number of likely N-dealkylation sites (N-methyl/N-ethyl adjacent to an activating group) is 1. The van der Waals surface area contributed by atoms with Crippen LogP contribution in [-0.4, -0.2) is 57.1 Å². The van der Waals surface area contributed by atoms with Crippen molar-refractivity contribution < 1.29 is 26.4 Å². The Morgan fingerprint density at radius 3 is 1.09 bits per heavy atom. The van der Waals surface area contributed by atoms with Gasteiger partial charge in [-0.15, -0.1) is 0 Å². The third kappa shape index (κ3) is 29.3. The zero-order valence-electron chi connectivity index (χ0n) is 31.2. The zero-order valence-corrected chi connectivity index (χ0v) is 32.0. The monoisotopic (exact) mass is 664 g/mol. The van der Waals surface area contributed by atoms with Crippen LogP contribution < -0.4 is 12.4 Å². The topological polar surface area (TPSA) is 18.5 Å². The molecule has 0 radical (unpaired) electrons. The third-order valence-electron chi connectivity index (χ3n) is 9.12. The first kappa shape index (κ1) is 45.1. The molecule has 1 heterocycles. The van der Waals surface area contributed by atoms with E-state index in [1.165, 1.54) is 141 Å². The highest BCUT2D eigenvalue weighted by Crippen LogP contribution is 2.22. The minimum atomic E-state index is 0. The minimum absolute atomic E-state index is 0. The van der Waals surface area contributed by atoms with Gasteiger partial charge in [0, 0.05) is 13.2 Å². The molecule has 1 saturated heterocycles. The van der Waals surface area contributed by atoms with Crippen LogP contribution in [0.15, 0.2) is 48.6 Å². The molecule has 0 aliphatic carbocycles. The average molecular weight is 665 g/mol. The van der Waals surface area contributed by atoms with E-state index in [2.05, 4.69) is 76.6 Å². The molecular formula is C42H78ClNO2. The Morgan fingerprint density at radius 1 is 0.435 bits per heavy atom. The van der Waals surface area contributed by atoms with Crippen molar-refractivity contribution in [3.05, 3.63) is 48.6 Å². The summed E-state index contributed by atoms with van der Waals surface area (Å²) in [6, 6.07) is 0. The van der Waals surface area contributed by atoms with Crippen LogP contribution in [-0.2, 0) is 9.47 Å². The first-order chi connectivity index (χ1) is 22.1. The van der Waals surface area contributed by atoms with E-state index in [0.29, 0.717) is 0 Å². The Bertz CT molecular complexity index is 684. The Balaban J connectivity index is 0.0000202.